The predicted octanol–water partition coefficient (Wildman–Crippen LogP) is 2.39. The first-order chi connectivity index (χ1) is 13.5. The summed E-state index contributed by atoms with van der Waals surface area (Å²) < 4.78 is 22.6. The molecule has 8 nitrogen and oxygen atoms in total. The summed E-state index contributed by atoms with van der Waals surface area (Å²) in [5.74, 6) is 0.284. The zero-order chi connectivity index (χ0) is 20.3. The molecule has 3 aromatic rings. The SMILES string of the molecule is COc1ccc(C(=O)OCc2cc(=O)n3cccc(C)c3n2)c(OC)c1OC. The van der Waals surface area contributed by atoms with Crippen LogP contribution in [0.15, 0.2) is 41.3 Å². The average Bonchev–Trinajstić information content (AvgIpc) is 2.71. The standard InChI is InChI=1S/C20H20N2O6/c1-12-6-5-9-22-16(23)10-13(21-19(12)22)11-28-20(24)14-7-8-15(25-2)18(27-4)17(14)26-3/h5-10H,11H2,1-4H3. The summed E-state index contributed by atoms with van der Waals surface area (Å²) in [6.45, 7) is 1.70. The first kappa shape index (κ1) is 19.2. The molecule has 2 heterocycles. The molecule has 0 spiro atoms. The van der Waals surface area contributed by atoms with Gasteiger partial charge in [0.1, 0.15) is 17.8 Å². The Labute approximate surface area is 161 Å². The maximum Gasteiger partial charge on any atom is 0.342 e. The van der Waals surface area contributed by atoms with Gasteiger partial charge in [-0.05, 0) is 30.7 Å². The van der Waals surface area contributed by atoms with Crippen LogP contribution in [0.25, 0.3) is 5.65 Å². The lowest BCUT2D eigenvalue weighted by Gasteiger charge is -2.15. The molecule has 2 aromatic heterocycles. The molecule has 28 heavy (non-hydrogen) atoms. The van der Waals surface area contributed by atoms with E-state index in [-0.39, 0.29) is 29.2 Å². The maximum atomic E-state index is 12.6. The number of aryl methyl sites for hydroxylation is 1. The van der Waals surface area contributed by atoms with Gasteiger partial charge in [-0.1, -0.05) is 6.07 Å². The molecule has 0 radical (unpaired) electrons. The molecular formula is C20H20N2O6. The van der Waals surface area contributed by atoms with Crippen LogP contribution in [0.4, 0.5) is 0 Å². The van der Waals surface area contributed by atoms with Gasteiger partial charge in [0.15, 0.2) is 11.5 Å². The number of methoxy groups -OCH3 is 3. The number of carbonyl (C=O) groups is 1. The van der Waals surface area contributed by atoms with E-state index in [2.05, 4.69) is 4.98 Å². The Balaban J connectivity index is 1.88. The second kappa shape index (κ2) is 7.99. The number of ether oxygens (including phenoxy) is 4. The summed E-state index contributed by atoms with van der Waals surface area (Å²) in [4.78, 5) is 29.2. The number of pyridine rings is 1. The van der Waals surface area contributed by atoms with Crippen molar-refractivity contribution < 1.29 is 23.7 Å². The average molecular weight is 384 g/mol. The van der Waals surface area contributed by atoms with Crippen molar-refractivity contribution in [3.8, 4) is 17.2 Å². The molecule has 0 fully saturated rings. The van der Waals surface area contributed by atoms with E-state index in [0.717, 1.165) is 5.56 Å². The Morgan fingerprint density at radius 1 is 1.07 bits per heavy atom. The number of benzene rings is 1. The molecule has 1 aromatic carbocycles. The van der Waals surface area contributed by atoms with E-state index in [1.807, 2.05) is 13.0 Å². The van der Waals surface area contributed by atoms with Crippen LogP contribution in [-0.2, 0) is 11.3 Å². The van der Waals surface area contributed by atoms with E-state index in [1.165, 1.54) is 37.9 Å². The molecule has 146 valence electrons. The molecule has 8 heteroatoms. The number of esters is 1. The fraction of sp³-hybridized carbons (Fsp3) is 0.250. The molecule has 0 aliphatic rings. The molecule has 0 amide bonds. The minimum Gasteiger partial charge on any atom is -0.493 e. The minimum atomic E-state index is -0.635. The van der Waals surface area contributed by atoms with Crippen LogP contribution < -0.4 is 19.8 Å². The van der Waals surface area contributed by atoms with E-state index in [9.17, 15) is 9.59 Å². The van der Waals surface area contributed by atoms with E-state index in [1.54, 1.807) is 18.3 Å². The smallest absolute Gasteiger partial charge is 0.342 e. The number of carbonyl (C=O) groups excluding carboxylic acids is 1. The van der Waals surface area contributed by atoms with Crippen molar-refractivity contribution in [2.45, 2.75) is 13.5 Å². The van der Waals surface area contributed by atoms with Gasteiger partial charge in [0.05, 0.1) is 27.0 Å². The second-order valence-corrected chi connectivity index (χ2v) is 5.93. The largest absolute Gasteiger partial charge is 0.493 e. The summed E-state index contributed by atoms with van der Waals surface area (Å²) in [7, 11) is 4.36. The number of hydrogen-bond donors (Lipinski definition) is 0. The van der Waals surface area contributed by atoms with Gasteiger partial charge in [0.25, 0.3) is 5.56 Å². The molecule has 0 saturated carbocycles. The van der Waals surface area contributed by atoms with E-state index in [0.29, 0.717) is 17.1 Å². The van der Waals surface area contributed by atoms with Gasteiger partial charge in [-0.15, -0.1) is 0 Å². The van der Waals surface area contributed by atoms with Gasteiger partial charge in [0, 0.05) is 12.3 Å². The van der Waals surface area contributed by atoms with Crippen LogP contribution in [0.5, 0.6) is 17.2 Å². The van der Waals surface area contributed by atoms with Crippen LogP contribution in [0.2, 0.25) is 0 Å². The zero-order valence-corrected chi connectivity index (χ0v) is 16.0. The lowest BCUT2D eigenvalue weighted by Crippen LogP contribution is -2.17. The lowest BCUT2D eigenvalue weighted by molar-refractivity contribution is 0.0463. The first-order valence-corrected chi connectivity index (χ1v) is 8.44. The quantitative estimate of drug-likeness (QED) is 0.603. The molecular weight excluding hydrogens is 364 g/mol. The van der Waals surface area contributed by atoms with Crippen LogP contribution in [0, 0.1) is 6.92 Å². The van der Waals surface area contributed by atoms with Crippen LogP contribution in [0.1, 0.15) is 21.6 Å². The van der Waals surface area contributed by atoms with Crippen LogP contribution in [0.3, 0.4) is 0 Å². The third-order valence-corrected chi connectivity index (χ3v) is 4.21. The summed E-state index contributed by atoms with van der Waals surface area (Å²) in [6, 6.07) is 8.07. The highest BCUT2D eigenvalue weighted by molar-refractivity contribution is 5.94. The number of rotatable bonds is 6. The topological polar surface area (TPSA) is 88.4 Å². The Morgan fingerprint density at radius 2 is 1.82 bits per heavy atom. The molecule has 0 aliphatic carbocycles. The van der Waals surface area contributed by atoms with Crippen molar-refractivity contribution in [3.05, 3.63) is 63.7 Å². The van der Waals surface area contributed by atoms with Gasteiger partial charge in [-0.25, -0.2) is 9.78 Å². The molecule has 0 bridgehead atoms. The summed E-state index contributed by atoms with van der Waals surface area (Å²) in [6.07, 6.45) is 1.64. The Hall–Kier alpha value is -3.55. The third kappa shape index (κ3) is 3.48. The van der Waals surface area contributed by atoms with Crippen molar-refractivity contribution in [2.24, 2.45) is 0 Å². The van der Waals surface area contributed by atoms with Crippen molar-refractivity contribution in [3.63, 3.8) is 0 Å². The molecule has 0 saturated heterocycles. The molecule has 0 atom stereocenters. The first-order valence-electron chi connectivity index (χ1n) is 8.44. The highest BCUT2D eigenvalue weighted by atomic mass is 16.5. The fourth-order valence-electron chi connectivity index (χ4n) is 2.86. The van der Waals surface area contributed by atoms with Gasteiger partial charge in [-0.3, -0.25) is 9.20 Å². The lowest BCUT2D eigenvalue weighted by atomic mass is 10.1. The molecule has 0 unspecified atom stereocenters. The third-order valence-electron chi connectivity index (χ3n) is 4.21. The highest BCUT2D eigenvalue weighted by Crippen LogP contribution is 2.40. The number of hydrogen-bond acceptors (Lipinski definition) is 7. The van der Waals surface area contributed by atoms with E-state index < -0.39 is 5.97 Å². The molecule has 3 rings (SSSR count). The Morgan fingerprint density at radius 3 is 2.50 bits per heavy atom. The van der Waals surface area contributed by atoms with E-state index in [4.69, 9.17) is 18.9 Å². The predicted molar refractivity (Wildman–Crippen MR) is 101 cm³/mol. The second-order valence-electron chi connectivity index (χ2n) is 5.93. The summed E-state index contributed by atoms with van der Waals surface area (Å²) in [5.41, 5.74) is 1.64. The number of fused-ring (bicyclic) bond motifs is 1. The zero-order valence-electron chi connectivity index (χ0n) is 16.0. The number of aromatic nitrogens is 2. The van der Waals surface area contributed by atoms with Crippen molar-refractivity contribution in [1.82, 2.24) is 9.38 Å². The molecule has 0 aliphatic heterocycles. The number of nitrogens with zero attached hydrogens (tertiary/aromatic N) is 2. The normalized spacial score (nSPS) is 10.6. The Kier molecular flexibility index (Phi) is 5.49. The monoisotopic (exact) mass is 384 g/mol. The summed E-state index contributed by atoms with van der Waals surface area (Å²) in [5, 5.41) is 0. The van der Waals surface area contributed by atoms with Crippen molar-refractivity contribution in [2.75, 3.05) is 21.3 Å². The van der Waals surface area contributed by atoms with Crippen LogP contribution >= 0.6 is 0 Å². The van der Waals surface area contributed by atoms with E-state index >= 15 is 0 Å². The van der Waals surface area contributed by atoms with Crippen LogP contribution in [-0.4, -0.2) is 36.7 Å². The summed E-state index contributed by atoms with van der Waals surface area (Å²) >= 11 is 0. The maximum absolute atomic E-state index is 12.6. The fourth-order valence-corrected chi connectivity index (χ4v) is 2.86. The molecule has 0 N–H and O–H groups in total. The van der Waals surface area contributed by atoms with Gasteiger partial charge in [0.2, 0.25) is 5.75 Å². The van der Waals surface area contributed by atoms with Gasteiger partial charge < -0.3 is 18.9 Å². The minimum absolute atomic E-state index is 0.156. The van der Waals surface area contributed by atoms with Crippen molar-refractivity contribution >= 4 is 11.6 Å². The van der Waals surface area contributed by atoms with Gasteiger partial charge in [-0.2, -0.15) is 0 Å². The Bertz CT molecular complexity index is 1090. The van der Waals surface area contributed by atoms with Crippen molar-refractivity contribution in [1.29, 1.82) is 0 Å². The van der Waals surface area contributed by atoms with Gasteiger partial charge >= 0.3 is 5.97 Å². The highest BCUT2D eigenvalue weighted by Gasteiger charge is 2.22.